The first-order valence-electron chi connectivity index (χ1n) is 4.36. The molecule has 0 fully saturated rings. The van der Waals surface area contributed by atoms with E-state index >= 15 is 0 Å². The van der Waals surface area contributed by atoms with E-state index in [9.17, 15) is 5.11 Å². The predicted octanol–water partition coefficient (Wildman–Crippen LogP) is 0.0127. The molecule has 1 heterocycles. The first-order chi connectivity index (χ1) is 6.00. The van der Waals surface area contributed by atoms with E-state index in [0.29, 0.717) is 6.42 Å². The van der Waals surface area contributed by atoms with Crippen LogP contribution in [-0.4, -0.2) is 32.2 Å². The fourth-order valence-corrected chi connectivity index (χ4v) is 1.24. The Labute approximate surface area is 77.8 Å². The lowest BCUT2D eigenvalue weighted by Gasteiger charge is -2.12. The number of aryl methyl sites for hydroxylation is 2. The average molecular weight is 184 g/mol. The minimum absolute atomic E-state index is 0.439. The van der Waals surface area contributed by atoms with Gasteiger partial charge in [-0.05, 0) is 19.9 Å². The number of nitrogens with zero attached hydrogens (tertiary/aromatic N) is 2. The number of rotatable bonds is 3. The summed E-state index contributed by atoms with van der Waals surface area (Å²) >= 11 is 0. The molecule has 0 saturated heterocycles. The molecule has 2 atom stereocenters. The van der Waals surface area contributed by atoms with Gasteiger partial charge in [-0.1, -0.05) is 0 Å². The van der Waals surface area contributed by atoms with Gasteiger partial charge in [0.2, 0.25) is 0 Å². The third-order valence-electron chi connectivity index (χ3n) is 2.07. The molecule has 1 aromatic rings. The summed E-state index contributed by atoms with van der Waals surface area (Å²) in [7, 11) is 1.83. The molecule has 4 nitrogen and oxygen atoms in total. The zero-order valence-corrected chi connectivity index (χ0v) is 8.23. The Balaban J connectivity index is 2.68. The molecule has 0 aromatic carbocycles. The van der Waals surface area contributed by atoms with E-state index in [0.717, 1.165) is 11.4 Å². The highest BCUT2D eigenvalue weighted by molar-refractivity contribution is 5.09. The molecule has 0 amide bonds. The molecule has 1 rings (SSSR count). The Morgan fingerprint density at radius 1 is 1.54 bits per heavy atom. The van der Waals surface area contributed by atoms with E-state index in [4.69, 9.17) is 5.11 Å². The Morgan fingerprint density at radius 2 is 2.15 bits per heavy atom. The van der Waals surface area contributed by atoms with Gasteiger partial charge >= 0.3 is 0 Å². The van der Waals surface area contributed by atoms with Crippen molar-refractivity contribution < 1.29 is 10.2 Å². The molecule has 0 aliphatic rings. The normalized spacial score (nSPS) is 15.8. The molecule has 0 bridgehead atoms. The SMILES string of the molecule is Cc1cc(CC(O)C(C)O)n(C)n1. The molecular formula is C9H16N2O2. The first-order valence-corrected chi connectivity index (χ1v) is 4.36. The number of aliphatic hydroxyl groups is 2. The summed E-state index contributed by atoms with van der Waals surface area (Å²) in [6, 6.07) is 1.91. The Hall–Kier alpha value is -0.870. The molecule has 0 spiro atoms. The van der Waals surface area contributed by atoms with Crippen LogP contribution in [0.25, 0.3) is 0 Å². The van der Waals surface area contributed by atoms with Crippen LogP contribution in [0.15, 0.2) is 6.07 Å². The summed E-state index contributed by atoms with van der Waals surface area (Å²) in [5, 5.41) is 22.7. The highest BCUT2D eigenvalue weighted by Gasteiger charge is 2.13. The van der Waals surface area contributed by atoms with E-state index in [1.807, 2.05) is 20.0 Å². The van der Waals surface area contributed by atoms with Crippen LogP contribution in [0.5, 0.6) is 0 Å². The van der Waals surface area contributed by atoms with Crippen LogP contribution in [-0.2, 0) is 13.5 Å². The van der Waals surface area contributed by atoms with Gasteiger partial charge in [0.15, 0.2) is 0 Å². The van der Waals surface area contributed by atoms with E-state index < -0.39 is 12.2 Å². The maximum Gasteiger partial charge on any atom is 0.0851 e. The van der Waals surface area contributed by atoms with Crippen molar-refractivity contribution in [1.82, 2.24) is 9.78 Å². The topological polar surface area (TPSA) is 58.3 Å². The quantitative estimate of drug-likeness (QED) is 0.696. The molecule has 13 heavy (non-hydrogen) atoms. The van der Waals surface area contributed by atoms with Crippen LogP contribution in [0.2, 0.25) is 0 Å². The Kier molecular flexibility index (Phi) is 3.06. The third kappa shape index (κ3) is 2.54. The van der Waals surface area contributed by atoms with Gasteiger partial charge in [0.1, 0.15) is 0 Å². The summed E-state index contributed by atoms with van der Waals surface area (Å²) in [5.41, 5.74) is 1.86. The standard InChI is InChI=1S/C9H16N2O2/c1-6-4-8(11(3)10-6)5-9(13)7(2)12/h4,7,9,12-13H,5H2,1-3H3. The van der Waals surface area contributed by atoms with Gasteiger partial charge in [0.25, 0.3) is 0 Å². The Morgan fingerprint density at radius 3 is 2.54 bits per heavy atom. The maximum absolute atomic E-state index is 9.42. The van der Waals surface area contributed by atoms with Crippen molar-refractivity contribution in [2.45, 2.75) is 32.5 Å². The fraction of sp³-hybridized carbons (Fsp3) is 0.667. The molecule has 2 N–H and O–H groups in total. The van der Waals surface area contributed by atoms with Crippen molar-refractivity contribution >= 4 is 0 Å². The van der Waals surface area contributed by atoms with Gasteiger partial charge in [0.05, 0.1) is 17.9 Å². The first kappa shape index (κ1) is 10.2. The lowest BCUT2D eigenvalue weighted by molar-refractivity contribution is 0.0308. The van der Waals surface area contributed by atoms with Crippen LogP contribution in [0, 0.1) is 6.92 Å². The molecule has 4 heteroatoms. The van der Waals surface area contributed by atoms with E-state index in [-0.39, 0.29) is 0 Å². The van der Waals surface area contributed by atoms with Crippen LogP contribution in [0.1, 0.15) is 18.3 Å². The zero-order chi connectivity index (χ0) is 10.0. The molecule has 2 unspecified atom stereocenters. The highest BCUT2D eigenvalue weighted by Crippen LogP contribution is 2.07. The van der Waals surface area contributed by atoms with Gasteiger partial charge in [-0.2, -0.15) is 5.10 Å². The molecule has 0 radical (unpaired) electrons. The minimum atomic E-state index is -0.713. The zero-order valence-electron chi connectivity index (χ0n) is 8.23. The molecule has 0 aliphatic carbocycles. The summed E-state index contributed by atoms with van der Waals surface area (Å²) in [5.74, 6) is 0. The van der Waals surface area contributed by atoms with Crippen molar-refractivity contribution in [3.63, 3.8) is 0 Å². The predicted molar refractivity (Wildman–Crippen MR) is 49.3 cm³/mol. The minimum Gasteiger partial charge on any atom is -0.391 e. The van der Waals surface area contributed by atoms with Crippen molar-refractivity contribution in [2.24, 2.45) is 7.05 Å². The maximum atomic E-state index is 9.42. The monoisotopic (exact) mass is 184 g/mol. The molecular weight excluding hydrogens is 168 g/mol. The number of hydrogen-bond acceptors (Lipinski definition) is 3. The average Bonchev–Trinajstić information content (AvgIpc) is 2.30. The van der Waals surface area contributed by atoms with Crippen LogP contribution in [0.4, 0.5) is 0 Å². The molecule has 1 aromatic heterocycles. The van der Waals surface area contributed by atoms with Crippen molar-refractivity contribution in [3.8, 4) is 0 Å². The third-order valence-corrected chi connectivity index (χ3v) is 2.07. The second-order valence-electron chi connectivity index (χ2n) is 3.41. The number of hydrogen-bond donors (Lipinski definition) is 2. The summed E-state index contributed by atoms with van der Waals surface area (Å²) in [6.07, 6.45) is -0.973. The second-order valence-corrected chi connectivity index (χ2v) is 3.41. The van der Waals surface area contributed by atoms with Gasteiger partial charge in [-0.15, -0.1) is 0 Å². The van der Waals surface area contributed by atoms with E-state index in [1.165, 1.54) is 0 Å². The highest BCUT2D eigenvalue weighted by atomic mass is 16.3. The van der Waals surface area contributed by atoms with Crippen LogP contribution in [0.3, 0.4) is 0 Å². The molecule has 0 aliphatic heterocycles. The molecule has 74 valence electrons. The summed E-state index contributed by atoms with van der Waals surface area (Å²) in [4.78, 5) is 0. The van der Waals surface area contributed by atoms with Gasteiger partial charge in [-0.25, -0.2) is 0 Å². The lowest BCUT2D eigenvalue weighted by Crippen LogP contribution is -2.25. The number of aliphatic hydroxyl groups excluding tert-OH is 2. The van der Waals surface area contributed by atoms with Crippen LogP contribution >= 0.6 is 0 Å². The Bertz CT molecular complexity index is 281. The van der Waals surface area contributed by atoms with E-state index in [2.05, 4.69) is 5.10 Å². The van der Waals surface area contributed by atoms with Crippen molar-refractivity contribution in [1.29, 1.82) is 0 Å². The van der Waals surface area contributed by atoms with E-state index in [1.54, 1.807) is 11.6 Å². The number of aromatic nitrogens is 2. The van der Waals surface area contributed by atoms with Gasteiger partial charge < -0.3 is 10.2 Å². The largest absolute Gasteiger partial charge is 0.391 e. The van der Waals surface area contributed by atoms with Gasteiger partial charge in [-0.3, -0.25) is 4.68 Å². The van der Waals surface area contributed by atoms with Gasteiger partial charge in [0, 0.05) is 19.2 Å². The summed E-state index contributed by atoms with van der Waals surface area (Å²) in [6.45, 7) is 3.48. The molecule has 0 saturated carbocycles. The van der Waals surface area contributed by atoms with Crippen molar-refractivity contribution in [3.05, 3.63) is 17.5 Å². The van der Waals surface area contributed by atoms with Crippen LogP contribution < -0.4 is 0 Å². The smallest absolute Gasteiger partial charge is 0.0851 e. The second kappa shape index (κ2) is 3.89. The lowest BCUT2D eigenvalue weighted by atomic mass is 10.1. The summed E-state index contributed by atoms with van der Waals surface area (Å²) < 4.78 is 1.72. The fourth-order valence-electron chi connectivity index (χ4n) is 1.24. The van der Waals surface area contributed by atoms with Crippen molar-refractivity contribution in [2.75, 3.05) is 0 Å².